The highest BCUT2D eigenvalue weighted by Crippen LogP contribution is 2.22. The number of piperidine rings is 1. The van der Waals surface area contributed by atoms with E-state index in [9.17, 15) is 0 Å². The second-order valence-electron chi connectivity index (χ2n) is 6.34. The van der Waals surface area contributed by atoms with Gasteiger partial charge in [0.2, 0.25) is 0 Å². The molecule has 2 fully saturated rings. The Balaban J connectivity index is 1.41. The Hall–Kier alpha value is -1.06. The topological polar surface area (TPSA) is 15.7 Å². The third kappa shape index (κ3) is 4.45. The highest BCUT2D eigenvalue weighted by Gasteiger charge is 2.16. The number of nitrogens with zero attached hydrogens (tertiary/aromatic N) is 2. The molecular formula is C18H28N2O. The molecule has 1 aromatic carbocycles. The highest BCUT2D eigenvalue weighted by atomic mass is 16.5. The minimum atomic E-state index is 0.841. The van der Waals surface area contributed by atoms with Gasteiger partial charge in [-0.1, -0.05) is 24.6 Å². The van der Waals surface area contributed by atoms with Gasteiger partial charge in [-0.25, -0.2) is 0 Å². The molecule has 21 heavy (non-hydrogen) atoms. The lowest BCUT2D eigenvalue weighted by molar-refractivity contribution is 0.168. The van der Waals surface area contributed by atoms with Crippen molar-refractivity contribution in [3.05, 3.63) is 29.8 Å². The summed E-state index contributed by atoms with van der Waals surface area (Å²) >= 11 is 0. The Labute approximate surface area is 128 Å². The second kappa shape index (κ2) is 7.81. The van der Waals surface area contributed by atoms with Crippen molar-refractivity contribution in [2.24, 2.45) is 0 Å². The summed E-state index contributed by atoms with van der Waals surface area (Å²) in [6.07, 6.45) is 6.65. The van der Waals surface area contributed by atoms with Crippen molar-refractivity contribution < 1.29 is 4.74 Å². The Morgan fingerprint density at radius 2 is 1.62 bits per heavy atom. The van der Waals surface area contributed by atoms with Crippen LogP contribution in [0, 0.1) is 0 Å². The molecule has 2 heterocycles. The molecule has 2 aliphatic rings. The molecule has 116 valence electrons. The van der Waals surface area contributed by atoms with Gasteiger partial charge in [-0.2, -0.15) is 0 Å². The summed E-state index contributed by atoms with van der Waals surface area (Å²) in [5.74, 6) is 1.09. The maximum atomic E-state index is 6.04. The van der Waals surface area contributed by atoms with E-state index in [4.69, 9.17) is 4.74 Å². The third-order valence-corrected chi connectivity index (χ3v) is 4.64. The van der Waals surface area contributed by atoms with Gasteiger partial charge in [0.25, 0.3) is 0 Å². The monoisotopic (exact) mass is 288 g/mol. The summed E-state index contributed by atoms with van der Waals surface area (Å²) in [6.45, 7) is 8.12. The molecule has 0 atom stereocenters. The molecule has 0 unspecified atom stereocenters. The smallest absolute Gasteiger partial charge is 0.123 e. The number of hydrogen-bond acceptors (Lipinski definition) is 3. The third-order valence-electron chi connectivity index (χ3n) is 4.64. The van der Waals surface area contributed by atoms with Crippen molar-refractivity contribution in [3.8, 4) is 5.75 Å². The van der Waals surface area contributed by atoms with E-state index in [2.05, 4.69) is 34.1 Å². The molecule has 0 amide bonds. The van der Waals surface area contributed by atoms with Crippen LogP contribution in [-0.4, -0.2) is 49.1 Å². The zero-order chi connectivity index (χ0) is 14.3. The molecule has 2 aliphatic heterocycles. The largest absolute Gasteiger partial charge is 0.493 e. The summed E-state index contributed by atoms with van der Waals surface area (Å²) in [5.41, 5.74) is 1.34. The molecule has 0 bridgehead atoms. The average Bonchev–Trinajstić information content (AvgIpc) is 2.49. The lowest BCUT2D eigenvalue weighted by atomic mass is 10.1. The van der Waals surface area contributed by atoms with Crippen LogP contribution in [0.25, 0.3) is 0 Å². The molecule has 0 aromatic heterocycles. The van der Waals surface area contributed by atoms with Crippen LogP contribution in [-0.2, 0) is 6.54 Å². The zero-order valence-electron chi connectivity index (χ0n) is 13.1. The van der Waals surface area contributed by atoms with Crippen LogP contribution in [0.15, 0.2) is 24.3 Å². The second-order valence-corrected chi connectivity index (χ2v) is 6.34. The molecule has 3 rings (SSSR count). The van der Waals surface area contributed by atoms with Crippen LogP contribution in [0.5, 0.6) is 5.75 Å². The zero-order valence-corrected chi connectivity index (χ0v) is 13.1. The molecule has 1 aromatic rings. The molecule has 0 N–H and O–H groups in total. The van der Waals surface area contributed by atoms with Gasteiger partial charge >= 0.3 is 0 Å². The van der Waals surface area contributed by atoms with Crippen LogP contribution >= 0.6 is 0 Å². The van der Waals surface area contributed by atoms with E-state index in [1.54, 1.807) is 0 Å². The first-order valence-electron chi connectivity index (χ1n) is 8.57. The van der Waals surface area contributed by atoms with Gasteiger partial charge in [0, 0.05) is 18.7 Å². The summed E-state index contributed by atoms with van der Waals surface area (Å²) in [5, 5.41) is 0. The number of ether oxygens (including phenoxy) is 1. The van der Waals surface area contributed by atoms with E-state index >= 15 is 0 Å². The Morgan fingerprint density at radius 3 is 2.38 bits per heavy atom. The SMILES string of the molecule is c1ccc(OCCCN2CCCCC2)c(CN2CCC2)c1. The van der Waals surface area contributed by atoms with E-state index in [1.165, 1.54) is 64.0 Å². The minimum Gasteiger partial charge on any atom is -0.493 e. The molecule has 2 saturated heterocycles. The van der Waals surface area contributed by atoms with Crippen LogP contribution < -0.4 is 4.74 Å². The first kappa shape index (κ1) is 14.9. The van der Waals surface area contributed by atoms with Crippen molar-refractivity contribution in [2.75, 3.05) is 39.3 Å². The lowest BCUT2D eigenvalue weighted by Crippen LogP contribution is -2.36. The Kier molecular flexibility index (Phi) is 5.53. The van der Waals surface area contributed by atoms with Gasteiger partial charge in [-0.05, 0) is 57.9 Å². The number of hydrogen-bond donors (Lipinski definition) is 0. The standard InChI is InChI=1S/C18H28N2O/c1-4-10-19(11-5-1)14-7-15-21-18-9-3-2-8-17(18)16-20-12-6-13-20/h2-3,8-9H,1,4-7,10-16H2. The number of likely N-dealkylation sites (tertiary alicyclic amines) is 2. The predicted molar refractivity (Wildman–Crippen MR) is 86.7 cm³/mol. The van der Waals surface area contributed by atoms with Crippen molar-refractivity contribution in [1.82, 2.24) is 9.80 Å². The van der Waals surface area contributed by atoms with Crippen molar-refractivity contribution in [2.45, 2.75) is 38.6 Å². The first-order chi connectivity index (χ1) is 10.4. The summed E-state index contributed by atoms with van der Waals surface area (Å²) in [6, 6.07) is 8.53. The molecule has 0 radical (unpaired) electrons. The number of rotatable bonds is 7. The van der Waals surface area contributed by atoms with Crippen molar-refractivity contribution in [3.63, 3.8) is 0 Å². The van der Waals surface area contributed by atoms with E-state index < -0.39 is 0 Å². The summed E-state index contributed by atoms with van der Waals surface area (Å²) in [4.78, 5) is 5.06. The van der Waals surface area contributed by atoms with Gasteiger partial charge in [-0.3, -0.25) is 4.90 Å². The van der Waals surface area contributed by atoms with Gasteiger partial charge < -0.3 is 9.64 Å². The Bertz CT molecular complexity index is 425. The van der Waals surface area contributed by atoms with E-state index in [0.29, 0.717) is 0 Å². The van der Waals surface area contributed by atoms with Crippen LogP contribution in [0.1, 0.15) is 37.7 Å². The fourth-order valence-corrected chi connectivity index (χ4v) is 3.21. The van der Waals surface area contributed by atoms with Gasteiger partial charge in [0.1, 0.15) is 5.75 Å². The molecule has 0 spiro atoms. The van der Waals surface area contributed by atoms with Crippen LogP contribution in [0.4, 0.5) is 0 Å². The van der Waals surface area contributed by atoms with Gasteiger partial charge in [-0.15, -0.1) is 0 Å². The molecular weight excluding hydrogens is 260 g/mol. The summed E-state index contributed by atoms with van der Waals surface area (Å²) in [7, 11) is 0. The maximum absolute atomic E-state index is 6.04. The number of benzene rings is 1. The quantitative estimate of drug-likeness (QED) is 0.717. The first-order valence-corrected chi connectivity index (χ1v) is 8.57. The van der Waals surface area contributed by atoms with Gasteiger partial charge in [0.15, 0.2) is 0 Å². The van der Waals surface area contributed by atoms with Gasteiger partial charge in [0.05, 0.1) is 6.61 Å². The average molecular weight is 288 g/mol. The van der Waals surface area contributed by atoms with Crippen molar-refractivity contribution in [1.29, 1.82) is 0 Å². The van der Waals surface area contributed by atoms with Crippen molar-refractivity contribution >= 4 is 0 Å². The van der Waals surface area contributed by atoms with E-state index in [0.717, 1.165) is 25.3 Å². The van der Waals surface area contributed by atoms with Crippen LogP contribution in [0.3, 0.4) is 0 Å². The molecule has 0 aliphatic carbocycles. The minimum absolute atomic E-state index is 0.841. The lowest BCUT2D eigenvalue weighted by Gasteiger charge is -2.31. The fourth-order valence-electron chi connectivity index (χ4n) is 3.21. The molecule has 3 nitrogen and oxygen atoms in total. The molecule has 3 heteroatoms. The fraction of sp³-hybridized carbons (Fsp3) is 0.667. The predicted octanol–water partition coefficient (Wildman–Crippen LogP) is 3.15. The number of para-hydroxylation sites is 1. The van der Waals surface area contributed by atoms with E-state index in [-0.39, 0.29) is 0 Å². The highest BCUT2D eigenvalue weighted by molar-refractivity contribution is 5.33. The normalized spacial score (nSPS) is 20.2. The maximum Gasteiger partial charge on any atom is 0.123 e. The summed E-state index contributed by atoms with van der Waals surface area (Å²) < 4.78 is 6.04. The molecule has 0 saturated carbocycles. The Morgan fingerprint density at radius 1 is 0.857 bits per heavy atom. The van der Waals surface area contributed by atoms with E-state index in [1.807, 2.05) is 0 Å². The van der Waals surface area contributed by atoms with Crippen LogP contribution in [0.2, 0.25) is 0 Å².